The minimum Gasteiger partial charge on any atom is -0.331 e. The molecule has 178 valence electrons. The van der Waals surface area contributed by atoms with Crippen molar-refractivity contribution in [2.45, 2.75) is 70.0 Å². The monoisotopic (exact) mass is 463 g/mol. The highest BCUT2D eigenvalue weighted by Gasteiger charge is 2.48. The van der Waals surface area contributed by atoms with Crippen molar-refractivity contribution in [1.29, 1.82) is 0 Å². The molecule has 6 nitrogen and oxygen atoms in total. The topological polar surface area (TPSA) is 60.9 Å². The second kappa shape index (κ2) is 9.20. The Morgan fingerprint density at radius 3 is 2.47 bits per heavy atom. The summed E-state index contributed by atoms with van der Waals surface area (Å²) in [5, 5.41) is 0. The molecule has 1 saturated carbocycles. The number of likely N-dealkylation sites (tertiary alicyclic amines) is 1. The molecule has 0 spiro atoms. The third-order valence-electron chi connectivity index (χ3n) is 7.43. The Balaban J connectivity index is 1.60. The van der Waals surface area contributed by atoms with Gasteiger partial charge in [-0.15, -0.1) is 0 Å². The number of hydrogen-bond donors (Lipinski definition) is 0. The van der Waals surface area contributed by atoms with E-state index in [1.807, 2.05) is 29.2 Å². The van der Waals surface area contributed by atoms with Crippen LogP contribution in [0.1, 0.15) is 63.5 Å². The van der Waals surface area contributed by atoms with Gasteiger partial charge in [-0.25, -0.2) is 4.39 Å². The number of hydrogen-bond acceptors (Lipinski definition) is 3. The number of benzene rings is 2. The van der Waals surface area contributed by atoms with Crippen LogP contribution < -0.4 is 9.80 Å². The fourth-order valence-corrected chi connectivity index (χ4v) is 5.88. The van der Waals surface area contributed by atoms with Gasteiger partial charge < -0.3 is 9.80 Å². The second-order valence-electron chi connectivity index (χ2n) is 9.52. The van der Waals surface area contributed by atoms with E-state index in [1.165, 1.54) is 30.4 Å². The van der Waals surface area contributed by atoms with Gasteiger partial charge in [0.2, 0.25) is 5.91 Å². The fraction of sp³-hybridized carbons (Fsp3) is 0.444. The molecule has 0 radical (unpaired) electrons. The Bertz CT molecular complexity index is 1110. The molecule has 2 aliphatic heterocycles. The molecule has 2 heterocycles. The van der Waals surface area contributed by atoms with Crippen LogP contribution in [0.25, 0.3) is 0 Å². The fourth-order valence-electron chi connectivity index (χ4n) is 5.88. The molecule has 3 amide bonds. The Kier molecular flexibility index (Phi) is 6.11. The molecule has 2 fully saturated rings. The number of nitrogens with zero attached hydrogens (tertiary/aromatic N) is 3. The molecule has 2 aromatic rings. The van der Waals surface area contributed by atoms with Crippen molar-refractivity contribution in [2.24, 2.45) is 0 Å². The smallest absolute Gasteiger partial charge is 0.255 e. The first-order valence-corrected chi connectivity index (χ1v) is 12.2. The molecule has 34 heavy (non-hydrogen) atoms. The number of amides is 3. The van der Waals surface area contributed by atoms with Crippen LogP contribution in [0.2, 0.25) is 0 Å². The molecule has 2 atom stereocenters. The van der Waals surface area contributed by atoms with Crippen LogP contribution in [0.4, 0.5) is 15.8 Å². The van der Waals surface area contributed by atoms with E-state index in [1.54, 1.807) is 17.0 Å². The van der Waals surface area contributed by atoms with Crippen molar-refractivity contribution < 1.29 is 18.8 Å². The van der Waals surface area contributed by atoms with Gasteiger partial charge in [0, 0.05) is 36.4 Å². The van der Waals surface area contributed by atoms with E-state index in [-0.39, 0.29) is 23.8 Å². The zero-order valence-corrected chi connectivity index (χ0v) is 19.5. The Morgan fingerprint density at radius 1 is 0.971 bits per heavy atom. The van der Waals surface area contributed by atoms with E-state index in [4.69, 9.17) is 0 Å². The van der Waals surface area contributed by atoms with Crippen molar-refractivity contribution in [3.8, 4) is 0 Å². The summed E-state index contributed by atoms with van der Waals surface area (Å²) in [7, 11) is 0. The van der Waals surface area contributed by atoms with Gasteiger partial charge in [0.15, 0.2) is 0 Å². The number of fused-ring (bicyclic) bond motifs is 1. The lowest BCUT2D eigenvalue weighted by Crippen LogP contribution is -2.51. The van der Waals surface area contributed by atoms with Gasteiger partial charge in [0.1, 0.15) is 17.9 Å². The van der Waals surface area contributed by atoms with Crippen LogP contribution in [0.3, 0.4) is 0 Å². The van der Waals surface area contributed by atoms with Crippen molar-refractivity contribution in [3.63, 3.8) is 0 Å². The maximum absolute atomic E-state index is 14.3. The molecule has 0 unspecified atom stereocenters. The Labute approximate surface area is 199 Å². The Hall–Kier alpha value is -3.22. The minimum atomic E-state index is -0.887. The minimum absolute atomic E-state index is 0.0945. The van der Waals surface area contributed by atoms with Crippen molar-refractivity contribution in [3.05, 3.63) is 59.9 Å². The lowest BCUT2D eigenvalue weighted by Gasteiger charge is -2.35. The number of para-hydroxylation sites is 1. The van der Waals surface area contributed by atoms with Gasteiger partial charge in [-0.3, -0.25) is 19.3 Å². The van der Waals surface area contributed by atoms with Crippen molar-refractivity contribution in [1.82, 2.24) is 4.90 Å². The summed E-state index contributed by atoms with van der Waals surface area (Å²) in [6, 6.07) is 12.0. The van der Waals surface area contributed by atoms with E-state index in [2.05, 4.69) is 0 Å². The predicted octanol–water partition coefficient (Wildman–Crippen LogP) is 4.59. The predicted molar refractivity (Wildman–Crippen MR) is 128 cm³/mol. The Morgan fingerprint density at radius 2 is 1.74 bits per heavy atom. The summed E-state index contributed by atoms with van der Waals surface area (Å²) in [6.45, 7) is 1.96. The van der Waals surface area contributed by atoms with Crippen LogP contribution in [-0.4, -0.2) is 41.2 Å². The number of rotatable bonds is 4. The largest absolute Gasteiger partial charge is 0.331 e. The summed E-state index contributed by atoms with van der Waals surface area (Å²) < 4.78 is 14.3. The second-order valence-corrected chi connectivity index (χ2v) is 9.52. The summed E-state index contributed by atoms with van der Waals surface area (Å²) >= 11 is 0. The van der Waals surface area contributed by atoms with Crippen LogP contribution in [0.15, 0.2) is 48.5 Å². The zero-order valence-electron chi connectivity index (χ0n) is 19.5. The summed E-state index contributed by atoms with van der Waals surface area (Å²) in [5.41, 5.74) is 1.91. The third-order valence-corrected chi connectivity index (χ3v) is 7.43. The van der Waals surface area contributed by atoms with Gasteiger partial charge in [-0.05, 0) is 49.9 Å². The normalized spacial score (nSPS) is 22.7. The molecule has 2 aromatic carbocycles. The van der Waals surface area contributed by atoms with Crippen LogP contribution >= 0.6 is 0 Å². The highest BCUT2D eigenvalue weighted by Crippen LogP contribution is 2.44. The molecule has 0 aromatic heterocycles. The van der Waals surface area contributed by atoms with Crippen LogP contribution in [0, 0.1) is 5.82 Å². The van der Waals surface area contributed by atoms with Crippen molar-refractivity contribution in [2.75, 3.05) is 16.3 Å². The van der Waals surface area contributed by atoms with E-state index in [0.717, 1.165) is 43.4 Å². The van der Waals surface area contributed by atoms with Gasteiger partial charge in [-0.1, -0.05) is 43.5 Å². The number of halogens is 1. The lowest BCUT2D eigenvalue weighted by molar-refractivity contribution is -0.136. The standard InChI is InChI=1S/C27H30FN3O3/c1-18(32)29-16-8-15-24(29)26(33)31(21-12-7-9-19(28)17-21)25-22-13-5-6-14-23(22)30(27(25)34)20-10-3-2-4-11-20/h5-7,9,12-14,17,20,24-25H,2-4,8,10-11,15-16H2,1H3/t24-,25+/m1/s1. The van der Waals surface area contributed by atoms with E-state index in [0.29, 0.717) is 18.7 Å². The van der Waals surface area contributed by atoms with Crippen LogP contribution in [-0.2, 0) is 14.4 Å². The molecule has 1 aliphatic carbocycles. The molecule has 0 N–H and O–H groups in total. The molecule has 7 heteroatoms. The summed E-state index contributed by atoms with van der Waals surface area (Å²) in [6.07, 6.45) is 6.42. The SMILES string of the molecule is CC(=O)N1CCC[C@@H]1C(=O)N(c1cccc(F)c1)[C@@H]1C(=O)N(C2CCCCC2)c2ccccc21. The highest BCUT2D eigenvalue weighted by atomic mass is 19.1. The molecule has 5 rings (SSSR count). The quantitative estimate of drug-likeness (QED) is 0.666. The third kappa shape index (κ3) is 3.87. The maximum Gasteiger partial charge on any atom is 0.255 e. The first-order chi connectivity index (χ1) is 16.5. The zero-order chi connectivity index (χ0) is 23.8. The van der Waals surface area contributed by atoms with Gasteiger partial charge in [-0.2, -0.15) is 0 Å². The van der Waals surface area contributed by atoms with Gasteiger partial charge >= 0.3 is 0 Å². The molecular weight excluding hydrogens is 433 g/mol. The van der Waals surface area contributed by atoms with Gasteiger partial charge in [0.05, 0.1) is 0 Å². The highest BCUT2D eigenvalue weighted by molar-refractivity contribution is 6.13. The molecule has 3 aliphatic rings. The average Bonchev–Trinajstić information content (AvgIpc) is 3.44. The van der Waals surface area contributed by atoms with E-state index >= 15 is 0 Å². The number of carbonyl (C=O) groups excluding carboxylic acids is 3. The first-order valence-electron chi connectivity index (χ1n) is 12.2. The number of anilines is 2. The molecule has 0 bridgehead atoms. The van der Waals surface area contributed by atoms with Crippen LogP contribution in [0.5, 0.6) is 0 Å². The molecular formula is C27H30FN3O3. The van der Waals surface area contributed by atoms with E-state index < -0.39 is 17.9 Å². The summed E-state index contributed by atoms with van der Waals surface area (Å²) in [4.78, 5) is 45.2. The van der Waals surface area contributed by atoms with Gasteiger partial charge in [0.25, 0.3) is 11.8 Å². The molecule has 1 saturated heterocycles. The average molecular weight is 464 g/mol. The lowest BCUT2D eigenvalue weighted by atomic mass is 9.94. The first kappa shape index (κ1) is 22.6. The number of carbonyl (C=O) groups is 3. The van der Waals surface area contributed by atoms with E-state index in [9.17, 15) is 18.8 Å². The summed E-state index contributed by atoms with van der Waals surface area (Å²) in [5.74, 6) is -1.14. The van der Waals surface area contributed by atoms with Crippen molar-refractivity contribution >= 4 is 29.1 Å². The maximum atomic E-state index is 14.3.